The number of hydrogen-bond donors (Lipinski definition) is 3. The molecule has 144 valence electrons. The quantitative estimate of drug-likeness (QED) is 0.696. The summed E-state index contributed by atoms with van der Waals surface area (Å²) >= 11 is 0. The van der Waals surface area contributed by atoms with Gasteiger partial charge in [0.1, 0.15) is 5.82 Å². The molecule has 0 aliphatic carbocycles. The molecule has 0 aromatic heterocycles. The van der Waals surface area contributed by atoms with Crippen LogP contribution in [-0.2, 0) is 0 Å². The summed E-state index contributed by atoms with van der Waals surface area (Å²) in [6, 6.07) is 10.7. The van der Waals surface area contributed by atoms with E-state index < -0.39 is 11.7 Å². The first-order valence-corrected chi connectivity index (χ1v) is 8.99. The molecular formula is C21H26FN3O2. The number of amides is 2. The van der Waals surface area contributed by atoms with E-state index in [1.165, 1.54) is 18.2 Å². The maximum atomic E-state index is 13.8. The molecule has 0 spiro atoms. The largest absolute Gasteiger partial charge is 0.348 e. The second kappa shape index (κ2) is 9.28. The van der Waals surface area contributed by atoms with Crippen LogP contribution in [-0.4, -0.2) is 24.4 Å². The zero-order valence-electron chi connectivity index (χ0n) is 15.9. The number of rotatable bonds is 7. The number of carbonyl (C=O) groups is 2. The SMILES string of the molecule is Cc1ccc(C(=O)NC(CN)CC(C)C)cc1NC(=O)c1ccccc1F. The predicted octanol–water partition coefficient (Wildman–Crippen LogP) is 3.49. The Morgan fingerprint density at radius 3 is 2.44 bits per heavy atom. The van der Waals surface area contributed by atoms with E-state index in [2.05, 4.69) is 24.5 Å². The van der Waals surface area contributed by atoms with Crippen LogP contribution in [0.5, 0.6) is 0 Å². The highest BCUT2D eigenvalue weighted by Crippen LogP contribution is 2.19. The minimum atomic E-state index is -0.596. The molecule has 2 rings (SSSR count). The molecule has 0 fully saturated rings. The van der Waals surface area contributed by atoms with Gasteiger partial charge in [-0.3, -0.25) is 9.59 Å². The molecule has 2 aromatic carbocycles. The highest BCUT2D eigenvalue weighted by molar-refractivity contribution is 6.05. The van der Waals surface area contributed by atoms with E-state index in [0.717, 1.165) is 12.0 Å². The van der Waals surface area contributed by atoms with E-state index >= 15 is 0 Å². The van der Waals surface area contributed by atoms with Crippen LogP contribution in [0.2, 0.25) is 0 Å². The number of hydrogen-bond acceptors (Lipinski definition) is 3. The lowest BCUT2D eigenvalue weighted by Gasteiger charge is -2.19. The summed E-state index contributed by atoms with van der Waals surface area (Å²) in [6.07, 6.45) is 0.783. The van der Waals surface area contributed by atoms with E-state index in [9.17, 15) is 14.0 Å². The predicted molar refractivity (Wildman–Crippen MR) is 105 cm³/mol. The number of nitrogens with two attached hydrogens (primary N) is 1. The van der Waals surface area contributed by atoms with Crippen LogP contribution >= 0.6 is 0 Å². The zero-order chi connectivity index (χ0) is 20.0. The van der Waals surface area contributed by atoms with E-state index in [1.807, 2.05) is 0 Å². The smallest absolute Gasteiger partial charge is 0.258 e. The molecule has 0 saturated heterocycles. The van der Waals surface area contributed by atoms with E-state index in [-0.39, 0.29) is 17.5 Å². The van der Waals surface area contributed by atoms with E-state index in [4.69, 9.17) is 5.73 Å². The van der Waals surface area contributed by atoms with Gasteiger partial charge in [-0.05, 0) is 49.1 Å². The van der Waals surface area contributed by atoms with Crippen molar-refractivity contribution >= 4 is 17.5 Å². The molecule has 0 bridgehead atoms. The van der Waals surface area contributed by atoms with Gasteiger partial charge in [0.05, 0.1) is 5.56 Å². The van der Waals surface area contributed by atoms with Crippen LogP contribution in [0.3, 0.4) is 0 Å². The van der Waals surface area contributed by atoms with Gasteiger partial charge in [0, 0.05) is 23.8 Å². The molecule has 0 aliphatic rings. The normalized spacial score (nSPS) is 11.9. The van der Waals surface area contributed by atoms with Crippen LogP contribution in [0.4, 0.5) is 10.1 Å². The van der Waals surface area contributed by atoms with Gasteiger partial charge in [-0.15, -0.1) is 0 Å². The van der Waals surface area contributed by atoms with Crippen LogP contribution in [0, 0.1) is 18.7 Å². The number of anilines is 1. The molecule has 0 aliphatic heterocycles. The average molecular weight is 371 g/mol. The molecule has 0 radical (unpaired) electrons. The first kappa shape index (κ1) is 20.6. The third-order valence-electron chi connectivity index (χ3n) is 4.24. The molecule has 0 saturated carbocycles. The van der Waals surface area contributed by atoms with Gasteiger partial charge in [-0.1, -0.05) is 32.0 Å². The molecule has 1 atom stereocenters. The monoisotopic (exact) mass is 371 g/mol. The standard InChI is InChI=1S/C21H26FN3O2/c1-13(2)10-16(12-23)24-20(26)15-9-8-14(3)19(11-15)25-21(27)17-6-4-5-7-18(17)22/h4-9,11,13,16H,10,12,23H2,1-3H3,(H,24,26)(H,25,27). The van der Waals surface area contributed by atoms with Crippen molar-refractivity contribution in [3.63, 3.8) is 0 Å². The fraction of sp³-hybridized carbons (Fsp3) is 0.333. The van der Waals surface area contributed by atoms with Crippen LogP contribution in [0.15, 0.2) is 42.5 Å². The number of carbonyl (C=O) groups excluding carboxylic acids is 2. The summed E-state index contributed by atoms with van der Waals surface area (Å²) in [5, 5.41) is 5.60. The summed E-state index contributed by atoms with van der Waals surface area (Å²) in [5.41, 5.74) is 7.33. The Morgan fingerprint density at radius 1 is 1.11 bits per heavy atom. The van der Waals surface area contributed by atoms with E-state index in [1.54, 1.807) is 31.2 Å². The number of aryl methyl sites for hydroxylation is 1. The second-order valence-corrected chi connectivity index (χ2v) is 7.00. The van der Waals surface area contributed by atoms with Crippen LogP contribution < -0.4 is 16.4 Å². The van der Waals surface area contributed by atoms with Crippen molar-refractivity contribution in [1.29, 1.82) is 0 Å². The molecule has 1 unspecified atom stereocenters. The van der Waals surface area contributed by atoms with Crippen molar-refractivity contribution in [2.24, 2.45) is 11.7 Å². The first-order valence-electron chi connectivity index (χ1n) is 8.99. The number of halogens is 1. The molecule has 4 N–H and O–H groups in total. The highest BCUT2D eigenvalue weighted by atomic mass is 19.1. The Hall–Kier alpha value is -2.73. The summed E-state index contributed by atoms with van der Waals surface area (Å²) in [6.45, 7) is 6.29. The van der Waals surface area contributed by atoms with Gasteiger partial charge in [0.15, 0.2) is 0 Å². The Kier molecular flexibility index (Phi) is 7.07. The average Bonchev–Trinajstić information content (AvgIpc) is 2.62. The molecule has 5 nitrogen and oxygen atoms in total. The van der Waals surface area contributed by atoms with E-state index in [0.29, 0.717) is 23.7 Å². The molecular weight excluding hydrogens is 345 g/mol. The third-order valence-corrected chi connectivity index (χ3v) is 4.24. The summed E-state index contributed by atoms with van der Waals surface area (Å²) in [4.78, 5) is 24.9. The maximum Gasteiger partial charge on any atom is 0.258 e. The Morgan fingerprint density at radius 2 is 1.81 bits per heavy atom. The van der Waals surface area contributed by atoms with Crippen LogP contribution in [0.25, 0.3) is 0 Å². The third kappa shape index (κ3) is 5.62. The molecule has 27 heavy (non-hydrogen) atoms. The van der Waals surface area contributed by atoms with Gasteiger partial charge >= 0.3 is 0 Å². The van der Waals surface area contributed by atoms with Gasteiger partial charge < -0.3 is 16.4 Å². The minimum absolute atomic E-state index is 0.0492. The van der Waals surface area contributed by atoms with Gasteiger partial charge in [-0.25, -0.2) is 4.39 Å². The summed E-state index contributed by atoms with van der Waals surface area (Å²) in [7, 11) is 0. The Bertz CT molecular complexity index is 821. The Balaban J connectivity index is 2.17. The van der Waals surface area contributed by atoms with Gasteiger partial charge in [0.2, 0.25) is 0 Å². The van der Waals surface area contributed by atoms with Crippen molar-refractivity contribution in [3.05, 3.63) is 65.0 Å². The molecule has 6 heteroatoms. The molecule has 0 heterocycles. The minimum Gasteiger partial charge on any atom is -0.348 e. The fourth-order valence-corrected chi connectivity index (χ4v) is 2.78. The maximum absolute atomic E-state index is 13.8. The van der Waals surface area contributed by atoms with Crippen molar-refractivity contribution in [3.8, 4) is 0 Å². The lowest BCUT2D eigenvalue weighted by atomic mass is 10.0. The topological polar surface area (TPSA) is 84.2 Å². The van der Waals surface area contributed by atoms with Crippen molar-refractivity contribution < 1.29 is 14.0 Å². The lowest BCUT2D eigenvalue weighted by molar-refractivity contribution is 0.0932. The number of nitrogens with one attached hydrogen (secondary N) is 2. The van der Waals surface area contributed by atoms with Crippen LogP contribution in [0.1, 0.15) is 46.5 Å². The molecule has 2 aromatic rings. The summed E-state index contributed by atoms with van der Waals surface area (Å²) in [5.74, 6) is -1.01. The summed E-state index contributed by atoms with van der Waals surface area (Å²) < 4.78 is 13.8. The Labute approximate surface area is 159 Å². The van der Waals surface area contributed by atoms with Crippen molar-refractivity contribution in [2.75, 3.05) is 11.9 Å². The molecule has 2 amide bonds. The number of benzene rings is 2. The second-order valence-electron chi connectivity index (χ2n) is 7.00. The highest BCUT2D eigenvalue weighted by Gasteiger charge is 2.16. The fourth-order valence-electron chi connectivity index (χ4n) is 2.78. The van der Waals surface area contributed by atoms with Crippen molar-refractivity contribution in [1.82, 2.24) is 5.32 Å². The lowest BCUT2D eigenvalue weighted by Crippen LogP contribution is -2.41. The first-order chi connectivity index (χ1) is 12.8. The van der Waals surface area contributed by atoms with Crippen molar-refractivity contribution in [2.45, 2.75) is 33.2 Å². The zero-order valence-corrected chi connectivity index (χ0v) is 15.9. The van der Waals surface area contributed by atoms with Gasteiger partial charge in [-0.2, -0.15) is 0 Å². The van der Waals surface area contributed by atoms with Gasteiger partial charge in [0.25, 0.3) is 11.8 Å².